The molecule has 1 aliphatic rings. The van der Waals surface area contributed by atoms with Crippen LogP contribution in [0.3, 0.4) is 0 Å². The van der Waals surface area contributed by atoms with Crippen LogP contribution in [0.1, 0.15) is 206 Å². The molecule has 0 spiro atoms. The average molecular weight is 875 g/mol. The first kappa shape index (κ1) is 58.2. The summed E-state index contributed by atoms with van der Waals surface area (Å²) in [6.45, 7) is 10.5. The van der Waals surface area contributed by atoms with Crippen LogP contribution in [0, 0.1) is 11.8 Å². The third-order valence-corrected chi connectivity index (χ3v) is 12.8. The maximum atomic E-state index is 12.9. The van der Waals surface area contributed by atoms with Gasteiger partial charge < -0.3 is 32.3 Å². The molecule has 0 aromatic heterocycles. The highest BCUT2D eigenvalue weighted by atomic mass is 16.3. The molecule has 0 aromatic carbocycles. The fraction of sp³-hybridized carbons (Fsp3) is 0.885. The van der Waals surface area contributed by atoms with Gasteiger partial charge in [-0.2, -0.15) is 0 Å². The zero-order valence-electron chi connectivity index (χ0n) is 40.7. The van der Waals surface area contributed by atoms with E-state index in [-0.39, 0.29) is 24.9 Å². The zero-order valence-corrected chi connectivity index (χ0v) is 40.7. The van der Waals surface area contributed by atoms with Crippen LogP contribution >= 0.6 is 0 Å². The summed E-state index contributed by atoms with van der Waals surface area (Å²) >= 11 is 0. The largest absolute Gasteiger partial charge is 0.390 e. The van der Waals surface area contributed by atoms with Gasteiger partial charge in [0, 0.05) is 65.2 Å². The topological polar surface area (TPSA) is 157 Å². The van der Waals surface area contributed by atoms with Crippen LogP contribution in [0.25, 0.3) is 0 Å². The number of allylic oxidation sites excluding steroid dienone is 4. The number of unbranched alkanes of at least 4 members (excludes halogenated alkanes) is 18. The van der Waals surface area contributed by atoms with Gasteiger partial charge in [0.25, 0.3) is 0 Å². The summed E-state index contributed by atoms with van der Waals surface area (Å²) in [5, 5.41) is 27.5. The summed E-state index contributed by atoms with van der Waals surface area (Å²) in [7, 11) is 0. The van der Waals surface area contributed by atoms with Crippen LogP contribution in [-0.4, -0.2) is 109 Å². The fourth-order valence-electron chi connectivity index (χ4n) is 8.82. The van der Waals surface area contributed by atoms with Crippen LogP contribution in [0.2, 0.25) is 0 Å². The van der Waals surface area contributed by atoms with Gasteiger partial charge in [-0.3, -0.25) is 19.4 Å². The first-order valence-corrected chi connectivity index (χ1v) is 26.3. The van der Waals surface area contributed by atoms with Crippen molar-refractivity contribution in [1.82, 2.24) is 20.4 Å². The van der Waals surface area contributed by atoms with Crippen molar-refractivity contribution in [3.8, 4) is 0 Å². The van der Waals surface area contributed by atoms with E-state index in [0.717, 1.165) is 90.4 Å². The van der Waals surface area contributed by atoms with Gasteiger partial charge in [0.05, 0.1) is 12.2 Å². The van der Waals surface area contributed by atoms with Crippen molar-refractivity contribution in [1.29, 1.82) is 0 Å². The van der Waals surface area contributed by atoms with Crippen molar-refractivity contribution in [2.45, 2.75) is 219 Å². The van der Waals surface area contributed by atoms with Gasteiger partial charge in [-0.15, -0.1) is 0 Å². The number of nitrogens with two attached hydrogens (primary N) is 2. The molecule has 0 aliphatic carbocycles. The van der Waals surface area contributed by atoms with Gasteiger partial charge >= 0.3 is 0 Å². The molecule has 0 aromatic rings. The second-order valence-corrected chi connectivity index (χ2v) is 18.9. The number of rotatable bonds is 44. The predicted molar refractivity (Wildman–Crippen MR) is 264 cm³/mol. The van der Waals surface area contributed by atoms with Crippen LogP contribution in [0.4, 0.5) is 0 Å². The molecule has 1 fully saturated rings. The number of carbonyl (C=O) groups is 2. The lowest BCUT2D eigenvalue weighted by Crippen LogP contribution is -2.52. The van der Waals surface area contributed by atoms with E-state index in [1.807, 2.05) is 0 Å². The number of aliphatic hydroxyl groups excluding tert-OH is 2. The third kappa shape index (κ3) is 36.5. The van der Waals surface area contributed by atoms with Crippen molar-refractivity contribution >= 4 is 11.8 Å². The van der Waals surface area contributed by atoms with E-state index in [0.29, 0.717) is 50.9 Å². The first-order valence-electron chi connectivity index (χ1n) is 26.3. The first-order chi connectivity index (χ1) is 30.3. The van der Waals surface area contributed by atoms with E-state index in [1.54, 1.807) is 0 Å². The van der Waals surface area contributed by atoms with E-state index >= 15 is 0 Å². The Labute approximate surface area is 382 Å². The fourth-order valence-corrected chi connectivity index (χ4v) is 8.82. The Balaban J connectivity index is 2.21. The molecule has 1 heterocycles. The van der Waals surface area contributed by atoms with Gasteiger partial charge in [-0.25, -0.2) is 0 Å². The Morgan fingerprint density at radius 1 is 0.484 bits per heavy atom. The lowest BCUT2D eigenvalue weighted by Gasteiger charge is -2.36. The average Bonchev–Trinajstić information content (AvgIpc) is 3.26. The number of β-amino-alcohol motifs (C(OH)–C–C–N with tert-alkyl or cyclic N) is 2. The lowest BCUT2D eigenvalue weighted by molar-refractivity contribution is -0.123. The summed E-state index contributed by atoms with van der Waals surface area (Å²) in [5.74, 6) is 0.721. The molecule has 4 unspecified atom stereocenters. The maximum Gasteiger partial charge on any atom is 0.220 e. The second-order valence-electron chi connectivity index (χ2n) is 18.9. The summed E-state index contributed by atoms with van der Waals surface area (Å²) < 4.78 is 0. The Bertz CT molecular complexity index is 986. The summed E-state index contributed by atoms with van der Waals surface area (Å²) in [4.78, 5) is 30.2. The normalized spacial score (nSPS) is 16.0. The molecule has 0 bridgehead atoms. The molecule has 0 saturated carbocycles. The van der Waals surface area contributed by atoms with Crippen molar-refractivity contribution in [2.24, 2.45) is 23.3 Å². The standard InChI is InChI=1S/C52H102N6O4/c1-3-5-7-9-11-13-15-17-19-21-23-25-27-31-47(33-29-35-53)41-51(61)55-43-49(59)45-57-37-39-58(40-38-57)46-50(60)44-56-52(62)42-48(34-30-36-54)32-28-26-24-22-20-18-16-14-12-10-8-6-4-2/h17-20,47-50,59-60H,3-16,21-46,53-54H2,1-2H3,(H,55,61)(H,56,62)/b19-17-,20-18-. The molecule has 10 heteroatoms. The minimum Gasteiger partial charge on any atom is -0.390 e. The minimum atomic E-state index is -0.627. The number of hydrogen-bond acceptors (Lipinski definition) is 8. The molecule has 364 valence electrons. The Hall–Kier alpha value is -1.82. The molecule has 62 heavy (non-hydrogen) atoms. The summed E-state index contributed by atoms with van der Waals surface area (Å²) in [5.41, 5.74) is 11.6. The Morgan fingerprint density at radius 3 is 1.13 bits per heavy atom. The van der Waals surface area contributed by atoms with Gasteiger partial charge in [-0.1, -0.05) is 128 Å². The number of nitrogens with one attached hydrogen (secondary N) is 2. The van der Waals surface area contributed by atoms with Crippen molar-refractivity contribution in [2.75, 3.05) is 65.4 Å². The van der Waals surface area contributed by atoms with Crippen molar-refractivity contribution < 1.29 is 19.8 Å². The van der Waals surface area contributed by atoms with Gasteiger partial charge in [0.15, 0.2) is 0 Å². The highest BCUT2D eigenvalue weighted by Gasteiger charge is 2.22. The Kier molecular flexibility index (Phi) is 40.4. The van der Waals surface area contributed by atoms with Gasteiger partial charge in [0.1, 0.15) is 0 Å². The van der Waals surface area contributed by atoms with Gasteiger partial charge in [0.2, 0.25) is 11.8 Å². The van der Waals surface area contributed by atoms with Gasteiger partial charge in [-0.05, 0) is 115 Å². The van der Waals surface area contributed by atoms with E-state index in [9.17, 15) is 19.8 Å². The van der Waals surface area contributed by atoms with Crippen LogP contribution in [-0.2, 0) is 9.59 Å². The quantitative estimate of drug-likeness (QED) is 0.0261. The molecule has 0 radical (unpaired) electrons. The number of aliphatic hydroxyl groups is 2. The molecular weight excluding hydrogens is 773 g/mol. The van der Waals surface area contributed by atoms with Crippen molar-refractivity contribution in [3.63, 3.8) is 0 Å². The molecule has 1 saturated heterocycles. The molecule has 1 rings (SSSR count). The summed E-state index contributed by atoms with van der Waals surface area (Å²) in [6, 6.07) is 0. The Morgan fingerprint density at radius 2 is 0.790 bits per heavy atom. The predicted octanol–water partition coefficient (Wildman–Crippen LogP) is 9.56. The third-order valence-electron chi connectivity index (χ3n) is 12.8. The lowest BCUT2D eigenvalue weighted by atomic mass is 9.92. The summed E-state index contributed by atoms with van der Waals surface area (Å²) in [6.07, 6.45) is 43.1. The number of carbonyl (C=O) groups excluding carboxylic acids is 2. The molecule has 1 aliphatic heterocycles. The van der Waals surface area contributed by atoms with E-state index in [2.05, 4.69) is 58.6 Å². The maximum absolute atomic E-state index is 12.9. The molecule has 10 nitrogen and oxygen atoms in total. The zero-order chi connectivity index (χ0) is 45.1. The number of hydrogen-bond donors (Lipinski definition) is 6. The van der Waals surface area contributed by atoms with E-state index < -0.39 is 12.2 Å². The highest BCUT2D eigenvalue weighted by molar-refractivity contribution is 5.76. The number of nitrogens with zero attached hydrogens (tertiary/aromatic N) is 2. The monoisotopic (exact) mass is 875 g/mol. The SMILES string of the molecule is CCCCCCCC/C=C\CCCCCC(CCCN)CC(=O)NCC(O)CN1CCN(CC(O)CNC(=O)CC(CCCN)CCCCC/C=C\CCCCCCCC)CC1. The molecule has 2 amide bonds. The van der Waals surface area contributed by atoms with Crippen molar-refractivity contribution in [3.05, 3.63) is 24.3 Å². The van der Waals surface area contributed by atoms with E-state index in [4.69, 9.17) is 11.5 Å². The second kappa shape index (κ2) is 43.1. The number of piperazine rings is 1. The highest BCUT2D eigenvalue weighted by Crippen LogP contribution is 2.21. The van der Waals surface area contributed by atoms with E-state index in [1.165, 1.54) is 116 Å². The number of amides is 2. The molecule has 4 atom stereocenters. The smallest absolute Gasteiger partial charge is 0.220 e. The molecular formula is C52H102N6O4. The van der Waals surface area contributed by atoms with Crippen LogP contribution in [0.5, 0.6) is 0 Å². The van der Waals surface area contributed by atoms with Crippen LogP contribution < -0.4 is 22.1 Å². The minimum absolute atomic E-state index is 0.0216. The molecule has 8 N–H and O–H groups in total. The van der Waals surface area contributed by atoms with Crippen LogP contribution in [0.15, 0.2) is 24.3 Å².